The molecule has 0 N–H and O–H groups in total. The van der Waals surface area contributed by atoms with Crippen LogP contribution in [0.25, 0.3) is 0 Å². The standard InChI is InChI=1S/C15H20N2/c1-17-6-5-10-7-11-8-16-14-4-2-3-12(15(11)14)13(10)9-17/h11H,2-9H2,1H3. The van der Waals surface area contributed by atoms with Gasteiger partial charge in [-0.05, 0) is 55.9 Å². The van der Waals surface area contributed by atoms with E-state index in [2.05, 4.69) is 11.9 Å². The molecule has 4 rings (SSSR count). The Balaban J connectivity index is 1.84. The van der Waals surface area contributed by atoms with Crippen molar-refractivity contribution in [3.63, 3.8) is 0 Å². The van der Waals surface area contributed by atoms with Crippen molar-refractivity contribution in [1.29, 1.82) is 0 Å². The highest BCUT2D eigenvalue weighted by Gasteiger charge is 2.37. The minimum absolute atomic E-state index is 0.766. The molecule has 0 bridgehead atoms. The van der Waals surface area contributed by atoms with Crippen LogP contribution in [0.2, 0.25) is 0 Å². The number of hydrogen-bond acceptors (Lipinski definition) is 2. The normalized spacial score (nSPS) is 32.5. The second-order valence-electron chi connectivity index (χ2n) is 6.00. The largest absolute Gasteiger partial charge is 0.302 e. The Morgan fingerprint density at radius 1 is 1.18 bits per heavy atom. The first kappa shape index (κ1) is 10.1. The molecule has 2 aliphatic carbocycles. The maximum Gasteiger partial charge on any atom is 0.0465 e. The molecule has 2 nitrogen and oxygen atoms in total. The Kier molecular flexibility index (Phi) is 2.10. The molecule has 0 spiro atoms. The molecule has 0 saturated carbocycles. The van der Waals surface area contributed by atoms with E-state index >= 15 is 0 Å². The van der Waals surface area contributed by atoms with Gasteiger partial charge in [-0.1, -0.05) is 5.57 Å². The minimum Gasteiger partial charge on any atom is -0.302 e. The molecule has 17 heavy (non-hydrogen) atoms. The molecule has 2 heteroatoms. The number of likely N-dealkylation sites (N-methyl/N-ethyl adjacent to an activating group) is 1. The zero-order valence-corrected chi connectivity index (χ0v) is 10.6. The average Bonchev–Trinajstić information content (AvgIpc) is 2.75. The lowest BCUT2D eigenvalue weighted by Crippen LogP contribution is -2.33. The van der Waals surface area contributed by atoms with E-state index in [9.17, 15) is 0 Å². The molecule has 1 atom stereocenters. The number of aliphatic imine (C=N–C) groups is 1. The van der Waals surface area contributed by atoms with Crippen LogP contribution in [0.15, 0.2) is 27.3 Å². The van der Waals surface area contributed by atoms with Gasteiger partial charge in [-0.2, -0.15) is 0 Å². The summed E-state index contributed by atoms with van der Waals surface area (Å²) in [5.74, 6) is 0.766. The summed E-state index contributed by atoms with van der Waals surface area (Å²) in [7, 11) is 2.26. The van der Waals surface area contributed by atoms with Gasteiger partial charge < -0.3 is 4.90 Å². The molecule has 90 valence electrons. The summed E-state index contributed by atoms with van der Waals surface area (Å²) < 4.78 is 0. The van der Waals surface area contributed by atoms with Crippen molar-refractivity contribution < 1.29 is 0 Å². The zero-order valence-electron chi connectivity index (χ0n) is 10.6. The third kappa shape index (κ3) is 1.40. The van der Waals surface area contributed by atoms with Gasteiger partial charge in [0, 0.05) is 31.3 Å². The molecule has 4 aliphatic rings. The second-order valence-corrected chi connectivity index (χ2v) is 6.00. The summed E-state index contributed by atoms with van der Waals surface area (Å²) in [5, 5.41) is 0. The summed E-state index contributed by atoms with van der Waals surface area (Å²) in [4.78, 5) is 7.28. The van der Waals surface area contributed by atoms with Gasteiger partial charge in [0.05, 0.1) is 0 Å². The molecule has 1 unspecified atom stereocenters. The van der Waals surface area contributed by atoms with Gasteiger partial charge in [-0.3, -0.25) is 4.99 Å². The molecule has 0 aromatic heterocycles. The first-order chi connectivity index (χ1) is 8.33. The Bertz CT molecular complexity index is 467. The smallest absolute Gasteiger partial charge is 0.0465 e. The van der Waals surface area contributed by atoms with Crippen LogP contribution in [-0.4, -0.2) is 37.3 Å². The number of rotatable bonds is 0. The van der Waals surface area contributed by atoms with E-state index in [0.717, 1.165) is 12.5 Å². The Morgan fingerprint density at radius 3 is 3.06 bits per heavy atom. The van der Waals surface area contributed by atoms with Crippen molar-refractivity contribution in [2.24, 2.45) is 10.9 Å². The topological polar surface area (TPSA) is 15.6 Å². The van der Waals surface area contributed by atoms with Crippen LogP contribution in [0.4, 0.5) is 0 Å². The lowest BCUT2D eigenvalue weighted by atomic mass is 9.72. The summed E-state index contributed by atoms with van der Waals surface area (Å²) in [6.07, 6.45) is 6.50. The number of hydrogen-bond donors (Lipinski definition) is 0. The van der Waals surface area contributed by atoms with Crippen LogP contribution in [-0.2, 0) is 0 Å². The van der Waals surface area contributed by atoms with Crippen molar-refractivity contribution in [2.45, 2.75) is 32.1 Å². The Hall–Kier alpha value is -0.890. The summed E-state index contributed by atoms with van der Waals surface area (Å²) in [6.45, 7) is 3.52. The molecule has 2 aliphatic heterocycles. The van der Waals surface area contributed by atoms with Gasteiger partial charge >= 0.3 is 0 Å². The van der Waals surface area contributed by atoms with E-state index in [1.54, 1.807) is 22.3 Å². The van der Waals surface area contributed by atoms with Crippen molar-refractivity contribution in [3.05, 3.63) is 22.3 Å². The van der Waals surface area contributed by atoms with Gasteiger partial charge in [0.2, 0.25) is 0 Å². The highest BCUT2D eigenvalue weighted by molar-refractivity contribution is 6.04. The first-order valence-electron chi connectivity index (χ1n) is 6.99. The van der Waals surface area contributed by atoms with Crippen LogP contribution in [0.1, 0.15) is 32.1 Å². The predicted octanol–water partition coefficient (Wildman–Crippen LogP) is 2.57. The lowest BCUT2D eigenvalue weighted by molar-refractivity contribution is 0.339. The van der Waals surface area contributed by atoms with E-state index in [-0.39, 0.29) is 0 Å². The molecule has 0 fully saturated rings. The number of nitrogens with zero attached hydrogens (tertiary/aromatic N) is 2. The van der Waals surface area contributed by atoms with E-state index < -0.39 is 0 Å². The third-order valence-corrected chi connectivity index (χ3v) is 4.89. The van der Waals surface area contributed by atoms with Gasteiger partial charge in [0.25, 0.3) is 0 Å². The fourth-order valence-electron chi connectivity index (χ4n) is 4.08. The van der Waals surface area contributed by atoms with E-state index in [1.807, 2.05) is 0 Å². The van der Waals surface area contributed by atoms with Gasteiger partial charge in [0.1, 0.15) is 0 Å². The van der Waals surface area contributed by atoms with E-state index in [1.165, 1.54) is 50.9 Å². The van der Waals surface area contributed by atoms with Gasteiger partial charge in [-0.15, -0.1) is 0 Å². The Labute approximate surface area is 103 Å². The maximum absolute atomic E-state index is 4.80. The summed E-state index contributed by atoms with van der Waals surface area (Å²) in [5.41, 5.74) is 8.34. The molecular weight excluding hydrogens is 208 g/mol. The average molecular weight is 228 g/mol. The van der Waals surface area contributed by atoms with Crippen molar-refractivity contribution in [3.8, 4) is 0 Å². The van der Waals surface area contributed by atoms with E-state index in [4.69, 9.17) is 4.99 Å². The molecule has 0 radical (unpaired) electrons. The molecule has 0 aromatic rings. The fourth-order valence-corrected chi connectivity index (χ4v) is 4.08. The molecule has 0 amide bonds. The van der Waals surface area contributed by atoms with Crippen molar-refractivity contribution >= 4 is 5.71 Å². The minimum atomic E-state index is 0.766. The van der Waals surface area contributed by atoms with Crippen molar-refractivity contribution in [2.75, 3.05) is 26.7 Å². The van der Waals surface area contributed by atoms with Gasteiger partial charge in [0.15, 0.2) is 0 Å². The molecule has 0 saturated heterocycles. The first-order valence-corrected chi connectivity index (χ1v) is 6.99. The quantitative estimate of drug-likeness (QED) is 0.622. The SMILES string of the molecule is CN1CCC2=C(C1)C1=C3C(=NCC3C2)CCC1. The maximum atomic E-state index is 4.80. The predicted molar refractivity (Wildman–Crippen MR) is 70.4 cm³/mol. The van der Waals surface area contributed by atoms with Crippen LogP contribution >= 0.6 is 0 Å². The van der Waals surface area contributed by atoms with Gasteiger partial charge in [-0.25, -0.2) is 0 Å². The van der Waals surface area contributed by atoms with Crippen molar-refractivity contribution in [1.82, 2.24) is 4.90 Å². The van der Waals surface area contributed by atoms with Crippen LogP contribution in [0.3, 0.4) is 0 Å². The van der Waals surface area contributed by atoms with E-state index in [0.29, 0.717) is 0 Å². The van der Waals surface area contributed by atoms with Crippen LogP contribution in [0, 0.1) is 5.92 Å². The second kappa shape index (κ2) is 3.55. The third-order valence-electron chi connectivity index (χ3n) is 4.89. The highest BCUT2D eigenvalue weighted by atomic mass is 15.1. The highest BCUT2D eigenvalue weighted by Crippen LogP contribution is 2.45. The number of fused-ring (bicyclic) bond motifs is 1. The summed E-state index contributed by atoms with van der Waals surface area (Å²) in [6, 6.07) is 0. The Morgan fingerprint density at radius 2 is 2.12 bits per heavy atom. The zero-order chi connectivity index (χ0) is 11.4. The van der Waals surface area contributed by atoms with Crippen LogP contribution in [0.5, 0.6) is 0 Å². The van der Waals surface area contributed by atoms with Crippen LogP contribution < -0.4 is 0 Å². The fraction of sp³-hybridized carbons (Fsp3) is 0.667. The monoisotopic (exact) mass is 228 g/mol. The molecule has 2 heterocycles. The molecule has 0 aromatic carbocycles. The molecular formula is C15H20N2. The lowest BCUT2D eigenvalue weighted by Gasteiger charge is -2.37. The summed E-state index contributed by atoms with van der Waals surface area (Å²) >= 11 is 0.